The second kappa shape index (κ2) is 6.81. The molecule has 0 saturated carbocycles. The number of ether oxygens (including phenoxy) is 2. The lowest BCUT2D eigenvalue weighted by atomic mass is 10.1. The first kappa shape index (κ1) is 16.8. The molecule has 0 unspecified atom stereocenters. The van der Waals surface area contributed by atoms with Crippen molar-refractivity contribution in [1.29, 1.82) is 0 Å². The average Bonchev–Trinajstić information content (AvgIpc) is 3.07. The molecular weight excluding hydrogens is 334 g/mol. The molecule has 9 heteroatoms. The minimum Gasteiger partial charge on any atom is -0.496 e. The minimum absolute atomic E-state index is 0.0941. The number of carbonyl (C=O) groups excluding carboxylic acids is 1. The van der Waals surface area contributed by atoms with Crippen LogP contribution in [0.3, 0.4) is 0 Å². The zero-order valence-electron chi connectivity index (χ0n) is 13.5. The maximum atomic E-state index is 13.7. The Hall–Kier alpha value is -3.07. The first-order valence-corrected chi connectivity index (χ1v) is 7.33. The monoisotopic (exact) mass is 350 g/mol. The molecule has 7 nitrogen and oxygen atoms in total. The van der Waals surface area contributed by atoms with Gasteiger partial charge < -0.3 is 25.6 Å². The SMILES string of the molecule is COc1ccc2c(c1CNC(=O)c1cc(F)c(OC)c(F)c1)NNN2. The number of hydrogen-bond donors (Lipinski definition) is 4. The standard InChI is InChI=1S/C16H16F2N4O3/c1-24-13-4-3-12-14(21-22-20-12)9(13)7-19-16(23)8-5-10(17)15(25-2)11(18)6-8/h3-6,20-22H,7H2,1-2H3,(H,19,23). The largest absolute Gasteiger partial charge is 0.496 e. The number of hydrazine groups is 2. The van der Waals surface area contributed by atoms with Crippen LogP contribution in [-0.4, -0.2) is 20.1 Å². The van der Waals surface area contributed by atoms with Crippen LogP contribution in [0, 0.1) is 11.6 Å². The van der Waals surface area contributed by atoms with Crippen molar-refractivity contribution < 1.29 is 23.0 Å². The normalized spacial score (nSPS) is 12.0. The first-order valence-electron chi connectivity index (χ1n) is 7.33. The van der Waals surface area contributed by atoms with Crippen molar-refractivity contribution in [2.75, 3.05) is 25.1 Å². The second-order valence-corrected chi connectivity index (χ2v) is 5.20. The Morgan fingerprint density at radius 3 is 2.48 bits per heavy atom. The quantitative estimate of drug-likeness (QED) is 0.662. The van der Waals surface area contributed by atoms with E-state index in [0.29, 0.717) is 17.0 Å². The fraction of sp³-hybridized carbons (Fsp3) is 0.188. The van der Waals surface area contributed by atoms with E-state index in [2.05, 4.69) is 26.4 Å². The Kier molecular flexibility index (Phi) is 4.57. The number of anilines is 2. The minimum atomic E-state index is -0.944. The van der Waals surface area contributed by atoms with Crippen LogP contribution in [0.25, 0.3) is 0 Å². The predicted molar refractivity (Wildman–Crippen MR) is 87.5 cm³/mol. The summed E-state index contributed by atoms with van der Waals surface area (Å²) in [5.74, 6) is -2.48. The summed E-state index contributed by atoms with van der Waals surface area (Å²) in [6.45, 7) is 0.0941. The number of nitrogens with one attached hydrogen (secondary N) is 4. The third kappa shape index (κ3) is 3.13. The molecular formula is C16H16F2N4O3. The van der Waals surface area contributed by atoms with Crippen LogP contribution in [0.2, 0.25) is 0 Å². The molecule has 2 aromatic rings. The molecule has 0 atom stereocenters. The molecule has 0 radical (unpaired) electrons. The topological polar surface area (TPSA) is 83.7 Å². The fourth-order valence-corrected chi connectivity index (χ4v) is 2.56. The predicted octanol–water partition coefficient (Wildman–Crippen LogP) is 2.17. The van der Waals surface area contributed by atoms with E-state index in [9.17, 15) is 13.6 Å². The van der Waals surface area contributed by atoms with E-state index < -0.39 is 23.3 Å². The molecule has 0 aromatic heterocycles. The Labute approximate surface area is 142 Å². The van der Waals surface area contributed by atoms with Crippen molar-refractivity contribution in [2.24, 2.45) is 0 Å². The summed E-state index contributed by atoms with van der Waals surface area (Å²) in [4.78, 5) is 12.2. The molecule has 25 heavy (non-hydrogen) atoms. The van der Waals surface area contributed by atoms with Gasteiger partial charge in [0.15, 0.2) is 17.4 Å². The molecule has 1 heterocycles. The van der Waals surface area contributed by atoms with Crippen molar-refractivity contribution in [3.8, 4) is 11.5 Å². The number of fused-ring (bicyclic) bond motifs is 1. The molecule has 1 aliphatic rings. The molecule has 0 bridgehead atoms. The lowest BCUT2D eigenvalue weighted by molar-refractivity contribution is 0.0949. The highest BCUT2D eigenvalue weighted by Crippen LogP contribution is 2.35. The van der Waals surface area contributed by atoms with Gasteiger partial charge in [-0.25, -0.2) is 8.78 Å². The highest BCUT2D eigenvalue weighted by molar-refractivity contribution is 5.94. The summed E-state index contributed by atoms with van der Waals surface area (Å²) in [5, 5.41) is 2.62. The third-order valence-corrected chi connectivity index (χ3v) is 3.76. The molecule has 0 fully saturated rings. The lowest BCUT2D eigenvalue weighted by Crippen LogP contribution is -2.24. The second-order valence-electron chi connectivity index (χ2n) is 5.20. The summed E-state index contributed by atoms with van der Waals surface area (Å²) < 4.78 is 37.4. The van der Waals surface area contributed by atoms with Gasteiger partial charge in [-0.1, -0.05) is 0 Å². The number of rotatable bonds is 5. The van der Waals surface area contributed by atoms with Crippen LogP contribution in [0.15, 0.2) is 24.3 Å². The van der Waals surface area contributed by atoms with Crippen molar-refractivity contribution >= 4 is 17.3 Å². The summed E-state index contributed by atoms with van der Waals surface area (Å²) in [5.41, 5.74) is 10.6. The van der Waals surface area contributed by atoms with Gasteiger partial charge in [0.25, 0.3) is 5.91 Å². The van der Waals surface area contributed by atoms with Gasteiger partial charge in [0, 0.05) is 17.7 Å². The molecule has 1 aliphatic heterocycles. The molecule has 4 N–H and O–H groups in total. The van der Waals surface area contributed by atoms with Gasteiger partial charge in [0.2, 0.25) is 0 Å². The number of hydrogen-bond acceptors (Lipinski definition) is 6. The Morgan fingerprint density at radius 1 is 1.12 bits per heavy atom. The van der Waals surface area contributed by atoms with Crippen LogP contribution < -0.4 is 31.2 Å². The third-order valence-electron chi connectivity index (χ3n) is 3.76. The molecule has 3 rings (SSSR count). The fourth-order valence-electron chi connectivity index (χ4n) is 2.56. The van der Waals surface area contributed by atoms with Gasteiger partial charge >= 0.3 is 0 Å². The molecule has 0 aliphatic carbocycles. The lowest BCUT2D eigenvalue weighted by Gasteiger charge is -2.14. The van der Waals surface area contributed by atoms with Crippen molar-refractivity contribution in [1.82, 2.24) is 10.9 Å². The number of benzene rings is 2. The summed E-state index contributed by atoms with van der Waals surface area (Å²) in [7, 11) is 2.66. The van der Waals surface area contributed by atoms with Crippen molar-refractivity contribution in [3.05, 3.63) is 47.0 Å². The van der Waals surface area contributed by atoms with E-state index in [1.165, 1.54) is 7.11 Å². The molecule has 0 spiro atoms. The maximum absolute atomic E-state index is 13.7. The average molecular weight is 350 g/mol. The highest BCUT2D eigenvalue weighted by atomic mass is 19.1. The number of amides is 1. The van der Waals surface area contributed by atoms with Gasteiger partial charge in [-0.2, -0.15) is 0 Å². The van der Waals surface area contributed by atoms with Crippen LogP contribution in [0.1, 0.15) is 15.9 Å². The van der Waals surface area contributed by atoms with Gasteiger partial charge in [-0.15, -0.1) is 5.53 Å². The van der Waals surface area contributed by atoms with E-state index in [1.54, 1.807) is 12.1 Å². The Bertz CT molecular complexity index is 806. The Balaban J connectivity index is 1.81. The van der Waals surface area contributed by atoms with E-state index in [4.69, 9.17) is 4.74 Å². The molecule has 2 aromatic carbocycles. The summed E-state index contributed by atoms with van der Waals surface area (Å²) in [6, 6.07) is 5.39. The number of halogens is 2. The Morgan fingerprint density at radius 2 is 1.84 bits per heavy atom. The first-order chi connectivity index (χ1) is 12.0. The smallest absolute Gasteiger partial charge is 0.251 e. The van der Waals surface area contributed by atoms with E-state index >= 15 is 0 Å². The van der Waals surface area contributed by atoms with Gasteiger partial charge in [-0.05, 0) is 24.3 Å². The zero-order valence-corrected chi connectivity index (χ0v) is 13.5. The van der Waals surface area contributed by atoms with Crippen molar-refractivity contribution in [3.63, 3.8) is 0 Å². The van der Waals surface area contributed by atoms with E-state index in [-0.39, 0.29) is 12.1 Å². The molecule has 1 amide bonds. The maximum Gasteiger partial charge on any atom is 0.251 e. The van der Waals surface area contributed by atoms with Crippen LogP contribution >= 0.6 is 0 Å². The van der Waals surface area contributed by atoms with Gasteiger partial charge in [-0.3, -0.25) is 4.79 Å². The van der Waals surface area contributed by atoms with Gasteiger partial charge in [0.1, 0.15) is 5.75 Å². The van der Waals surface area contributed by atoms with E-state index in [0.717, 1.165) is 24.9 Å². The van der Waals surface area contributed by atoms with Crippen molar-refractivity contribution in [2.45, 2.75) is 6.54 Å². The van der Waals surface area contributed by atoms with Crippen LogP contribution in [0.5, 0.6) is 11.5 Å². The summed E-state index contributed by atoms with van der Waals surface area (Å²) >= 11 is 0. The van der Waals surface area contributed by atoms with Crippen LogP contribution in [0.4, 0.5) is 20.2 Å². The van der Waals surface area contributed by atoms with Gasteiger partial charge in [0.05, 0.1) is 25.6 Å². The molecule has 132 valence electrons. The number of carbonyl (C=O) groups is 1. The summed E-state index contributed by atoms with van der Waals surface area (Å²) in [6.07, 6.45) is 0. The number of methoxy groups -OCH3 is 2. The van der Waals surface area contributed by atoms with Crippen LogP contribution in [-0.2, 0) is 6.54 Å². The zero-order chi connectivity index (χ0) is 18.0. The highest BCUT2D eigenvalue weighted by Gasteiger charge is 2.20. The van der Waals surface area contributed by atoms with E-state index in [1.807, 2.05) is 0 Å². The molecule has 0 saturated heterocycles.